The number of hydrazine groups is 2. The van der Waals surface area contributed by atoms with Gasteiger partial charge in [-0.2, -0.15) is 4.98 Å². The third-order valence-electron chi connectivity index (χ3n) is 2.77. The largest absolute Gasteiger partial charge is 0.383 e. The van der Waals surface area contributed by atoms with Crippen molar-refractivity contribution in [3.63, 3.8) is 0 Å². The van der Waals surface area contributed by atoms with E-state index in [1.165, 1.54) is 0 Å². The molecule has 1 aliphatic heterocycles. The fourth-order valence-corrected chi connectivity index (χ4v) is 1.77. The van der Waals surface area contributed by atoms with Crippen molar-refractivity contribution >= 4 is 17.6 Å². The summed E-state index contributed by atoms with van der Waals surface area (Å²) in [6.45, 7) is 0.641. The van der Waals surface area contributed by atoms with E-state index >= 15 is 0 Å². The molecule has 3 rings (SSSR count). The number of nitrogens with two attached hydrogens (primary N) is 1. The molecule has 2 aromatic rings. The second-order valence-corrected chi connectivity index (χ2v) is 4.15. The SMILES string of the molecule is Nc1nc(NCc2ccccc2)ncc1C1=NNNN1. The summed E-state index contributed by atoms with van der Waals surface area (Å²) in [5, 5.41) is 7.08. The maximum absolute atomic E-state index is 5.90. The van der Waals surface area contributed by atoms with Gasteiger partial charge in [0.15, 0.2) is 5.84 Å². The summed E-state index contributed by atoms with van der Waals surface area (Å²) in [5.74, 6) is 1.39. The maximum Gasteiger partial charge on any atom is 0.224 e. The summed E-state index contributed by atoms with van der Waals surface area (Å²) in [5.41, 5.74) is 15.7. The zero-order chi connectivity index (χ0) is 13.8. The molecule has 102 valence electrons. The number of nitrogen functional groups attached to an aromatic ring is 1. The number of nitrogens with one attached hydrogen (secondary N) is 4. The fraction of sp³-hybridized carbons (Fsp3) is 0.0833. The lowest BCUT2D eigenvalue weighted by Gasteiger charge is -2.08. The average molecular weight is 270 g/mol. The molecule has 0 atom stereocenters. The van der Waals surface area contributed by atoms with Crippen molar-refractivity contribution in [2.75, 3.05) is 11.1 Å². The van der Waals surface area contributed by atoms with Gasteiger partial charge in [0.05, 0.1) is 5.56 Å². The van der Waals surface area contributed by atoms with Gasteiger partial charge in [-0.25, -0.2) is 10.5 Å². The first kappa shape index (κ1) is 12.2. The molecular formula is C12H14N8. The molecule has 0 bridgehead atoms. The van der Waals surface area contributed by atoms with Crippen LogP contribution in [0.2, 0.25) is 0 Å². The van der Waals surface area contributed by atoms with Gasteiger partial charge < -0.3 is 11.1 Å². The molecule has 1 aliphatic rings. The van der Waals surface area contributed by atoms with Crippen LogP contribution in [0.15, 0.2) is 41.6 Å². The summed E-state index contributed by atoms with van der Waals surface area (Å²) in [6.07, 6.45) is 1.62. The van der Waals surface area contributed by atoms with Crippen molar-refractivity contribution in [3.05, 3.63) is 47.7 Å². The van der Waals surface area contributed by atoms with Crippen molar-refractivity contribution in [1.82, 2.24) is 26.5 Å². The molecule has 0 saturated carbocycles. The smallest absolute Gasteiger partial charge is 0.224 e. The van der Waals surface area contributed by atoms with Gasteiger partial charge in [0.2, 0.25) is 5.95 Å². The summed E-state index contributed by atoms with van der Waals surface area (Å²) in [7, 11) is 0. The van der Waals surface area contributed by atoms with Gasteiger partial charge in [-0.1, -0.05) is 30.3 Å². The molecule has 8 heteroatoms. The molecule has 6 N–H and O–H groups in total. The van der Waals surface area contributed by atoms with Crippen LogP contribution in [-0.4, -0.2) is 15.8 Å². The minimum Gasteiger partial charge on any atom is -0.383 e. The van der Waals surface area contributed by atoms with E-state index in [2.05, 4.69) is 36.9 Å². The Bertz CT molecular complexity index is 625. The van der Waals surface area contributed by atoms with Crippen LogP contribution >= 0.6 is 0 Å². The molecule has 8 nitrogen and oxygen atoms in total. The standard InChI is InChI=1S/C12H14N8/c13-10-9(11-17-19-20-18-11)7-15-12(16-10)14-6-8-4-2-1-3-5-8/h1-5,7,19-20H,6H2,(H,17,18)(H3,13,14,15,16). The number of hydrogen-bond donors (Lipinski definition) is 5. The van der Waals surface area contributed by atoms with Crippen LogP contribution in [0.25, 0.3) is 0 Å². The van der Waals surface area contributed by atoms with Gasteiger partial charge in [-0.05, 0) is 5.56 Å². The zero-order valence-electron chi connectivity index (χ0n) is 10.6. The number of hydrazone groups is 1. The Morgan fingerprint density at radius 1 is 1.20 bits per heavy atom. The van der Waals surface area contributed by atoms with Gasteiger partial charge in [-0.3, -0.25) is 5.43 Å². The highest BCUT2D eigenvalue weighted by atomic mass is 15.8. The first-order valence-corrected chi connectivity index (χ1v) is 6.07. The number of benzene rings is 1. The van der Waals surface area contributed by atoms with Gasteiger partial charge in [0.1, 0.15) is 5.82 Å². The van der Waals surface area contributed by atoms with Gasteiger partial charge in [0.25, 0.3) is 0 Å². The lowest BCUT2D eigenvalue weighted by Crippen LogP contribution is -2.35. The fourth-order valence-electron chi connectivity index (χ4n) is 1.77. The van der Waals surface area contributed by atoms with Crippen molar-refractivity contribution < 1.29 is 0 Å². The Morgan fingerprint density at radius 2 is 2.05 bits per heavy atom. The Kier molecular flexibility index (Phi) is 3.29. The van der Waals surface area contributed by atoms with Crippen molar-refractivity contribution in [2.45, 2.75) is 6.54 Å². The predicted molar refractivity (Wildman–Crippen MR) is 76.2 cm³/mol. The first-order valence-electron chi connectivity index (χ1n) is 6.07. The van der Waals surface area contributed by atoms with Crippen LogP contribution in [0.5, 0.6) is 0 Å². The lowest BCUT2D eigenvalue weighted by atomic mass is 10.2. The molecule has 0 fully saturated rings. The molecule has 0 aliphatic carbocycles. The molecule has 1 aromatic carbocycles. The third kappa shape index (κ3) is 2.59. The van der Waals surface area contributed by atoms with Crippen molar-refractivity contribution in [2.24, 2.45) is 5.10 Å². The Morgan fingerprint density at radius 3 is 2.75 bits per heavy atom. The highest BCUT2D eigenvalue weighted by Crippen LogP contribution is 2.11. The average Bonchev–Trinajstić information content (AvgIpc) is 3.00. The molecule has 20 heavy (non-hydrogen) atoms. The van der Waals surface area contributed by atoms with E-state index < -0.39 is 0 Å². The summed E-state index contributed by atoms with van der Waals surface area (Å²) < 4.78 is 0. The molecule has 1 aromatic heterocycles. The van der Waals surface area contributed by atoms with E-state index in [1.807, 2.05) is 30.3 Å². The number of aromatic nitrogens is 2. The molecule has 0 spiro atoms. The molecule has 0 radical (unpaired) electrons. The van der Waals surface area contributed by atoms with Crippen LogP contribution in [-0.2, 0) is 6.54 Å². The van der Waals surface area contributed by atoms with Crippen LogP contribution in [0.1, 0.15) is 11.1 Å². The Balaban J connectivity index is 1.71. The topological polar surface area (TPSA) is 112 Å². The number of rotatable bonds is 4. The first-order chi connectivity index (χ1) is 9.83. The van der Waals surface area contributed by atoms with Crippen LogP contribution < -0.4 is 27.5 Å². The molecule has 2 heterocycles. The second-order valence-electron chi connectivity index (χ2n) is 4.15. The van der Waals surface area contributed by atoms with Crippen LogP contribution in [0.3, 0.4) is 0 Å². The normalized spacial score (nSPS) is 13.3. The van der Waals surface area contributed by atoms with E-state index in [1.54, 1.807) is 6.20 Å². The van der Waals surface area contributed by atoms with E-state index in [0.717, 1.165) is 5.56 Å². The van der Waals surface area contributed by atoms with E-state index in [0.29, 0.717) is 29.7 Å². The Hall–Kier alpha value is -2.87. The quantitative estimate of drug-likeness (QED) is 0.529. The molecule has 0 saturated heterocycles. The predicted octanol–water partition coefficient (Wildman–Crippen LogP) is -0.0551. The monoisotopic (exact) mass is 270 g/mol. The third-order valence-corrected chi connectivity index (χ3v) is 2.77. The lowest BCUT2D eigenvalue weighted by molar-refractivity contribution is 0.577. The second kappa shape index (κ2) is 5.41. The van der Waals surface area contributed by atoms with E-state index in [-0.39, 0.29) is 0 Å². The molecular weight excluding hydrogens is 256 g/mol. The summed E-state index contributed by atoms with van der Waals surface area (Å²) >= 11 is 0. The van der Waals surface area contributed by atoms with Crippen molar-refractivity contribution in [1.29, 1.82) is 0 Å². The van der Waals surface area contributed by atoms with Crippen molar-refractivity contribution in [3.8, 4) is 0 Å². The minimum absolute atomic E-state index is 0.354. The number of amidine groups is 1. The summed E-state index contributed by atoms with van der Waals surface area (Å²) in [6, 6.07) is 10.0. The zero-order valence-corrected chi connectivity index (χ0v) is 10.6. The number of nitrogens with zero attached hydrogens (tertiary/aromatic N) is 3. The van der Waals surface area contributed by atoms with E-state index in [4.69, 9.17) is 5.73 Å². The minimum atomic E-state index is 0.354. The van der Waals surface area contributed by atoms with Crippen LogP contribution in [0, 0.1) is 0 Å². The highest BCUT2D eigenvalue weighted by molar-refractivity contribution is 6.02. The number of anilines is 2. The van der Waals surface area contributed by atoms with Gasteiger partial charge >= 0.3 is 0 Å². The maximum atomic E-state index is 5.90. The number of hydrogen-bond acceptors (Lipinski definition) is 8. The van der Waals surface area contributed by atoms with Gasteiger partial charge in [0, 0.05) is 12.7 Å². The highest BCUT2D eigenvalue weighted by Gasteiger charge is 2.13. The molecule has 0 amide bonds. The van der Waals surface area contributed by atoms with Crippen LogP contribution in [0.4, 0.5) is 11.8 Å². The summed E-state index contributed by atoms with van der Waals surface area (Å²) in [4.78, 5) is 8.43. The van der Waals surface area contributed by atoms with Gasteiger partial charge in [-0.15, -0.1) is 10.6 Å². The Labute approximate surface area is 115 Å². The van der Waals surface area contributed by atoms with E-state index in [9.17, 15) is 0 Å². The molecule has 0 unspecified atom stereocenters.